The average molecular weight is 313 g/mol. The van der Waals surface area contributed by atoms with Crippen molar-refractivity contribution in [2.24, 2.45) is 5.92 Å². The van der Waals surface area contributed by atoms with Crippen molar-refractivity contribution in [2.45, 2.75) is 95.5 Å². The molecule has 116 valence electrons. The van der Waals surface area contributed by atoms with Crippen LogP contribution in [0.25, 0.3) is 0 Å². The molecule has 2 heterocycles. The number of rotatable bonds is 3. The number of fused-ring (bicyclic) bond motifs is 1. The van der Waals surface area contributed by atoms with E-state index in [0.29, 0.717) is 12.2 Å². The standard InChI is InChI=1S/C16H32O2Si2/c1-16(10-11-19(2,3)20(4,5)18-16)9-8-13-6-7-14-15(12-13)17-14/h13-15H,6-12H2,1-5H3. The van der Waals surface area contributed by atoms with Gasteiger partial charge in [0.2, 0.25) is 0 Å². The summed E-state index contributed by atoms with van der Waals surface area (Å²) in [5, 5.41) is 0. The summed E-state index contributed by atoms with van der Waals surface area (Å²) in [5.41, 5.74) is 0.180. The van der Waals surface area contributed by atoms with Crippen molar-refractivity contribution in [1.29, 1.82) is 0 Å². The highest BCUT2D eigenvalue weighted by Crippen LogP contribution is 2.45. The van der Waals surface area contributed by atoms with Crippen LogP contribution < -0.4 is 0 Å². The van der Waals surface area contributed by atoms with E-state index in [2.05, 4.69) is 33.1 Å². The summed E-state index contributed by atoms with van der Waals surface area (Å²) in [6.45, 7) is 12.4. The summed E-state index contributed by atoms with van der Waals surface area (Å²) in [4.78, 5) is 0. The van der Waals surface area contributed by atoms with E-state index in [1.807, 2.05) is 0 Å². The number of epoxide rings is 1. The molecule has 0 bridgehead atoms. The normalized spacial score (nSPS) is 45.8. The molecule has 4 atom stereocenters. The van der Waals surface area contributed by atoms with Crippen LogP contribution in [0.4, 0.5) is 0 Å². The smallest absolute Gasteiger partial charge is 0.174 e. The topological polar surface area (TPSA) is 21.8 Å². The van der Waals surface area contributed by atoms with Gasteiger partial charge in [0.25, 0.3) is 0 Å². The molecule has 0 aromatic rings. The Morgan fingerprint density at radius 1 is 1.10 bits per heavy atom. The van der Waals surface area contributed by atoms with E-state index in [1.165, 1.54) is 44.6 Å². The number of hydrogen-bond donors (Lipinski definition) is 0. The molecule has 2 nitrogen and oxygen atoms in total. The molecule has 0 aromatic heterocycles. The number of ether oxygens (including phenoxy) is 1. The van der Waals surface area contributed by atoms with Gasteiger partial charge in [0.1, 0.15) is 0 Å². The van der Waals surface area contributed by atoms with E-state index in [-0.39, 0.29) is 5.60 Å². The van der Waals surface area contributed by atoms with Crippen molar-refractivity contribution in [3.05, 3.63) is 0 Å². The molecule has 3 rings (SSSR count). The van der Waals surface area contributed by atoms with Gasteiger partial charge in [-0.2, -0.15) is 0 Å². The van der Waals surface area contributed by atoms with Gasteiger partial charge in [0, 0.05) is 0 Å². The highest BCUT2D eigenvalue weighted by atomic mass is 29.3. The van der Waals surface area contributed by atoms with Crippen LogP contribution in [0.3, 0.4) is 0 Å². The third kappa shape index (κ3) is 2.94. The molecule has 2 saturated heterocycles. The Bertz CT molecular complexity index is 383. The van der Waals surface area contributed by atoms with Gasteiger partial charge in [-0.15, -0.1) is 0 Å². The Kier molecular flexibility index (Phi) is 3.76. The van der Waals surface area contributed by atoms with Gasteiger partial charge in [-0.05, 0) is 64.5 Å². The molecule has 0 amide bonds. The van der Waals surface area contributed by atoms with E-state index >= 15 is 0 Å². The van der Waals surface area contributed by atoms with Crippen molar-refractivity contribution < 1.29 is 9.16 Å². The molecule has 0 radical (unpaired) electrons. The molecule has 0 aromatic carbocycles. The largest absolute Gasteiger partial charge is 0.415 e. The van der Waals surface area contributed by atoms with E-state index in [0.717, 1.165) is 5.92 Å². The Morgan fingerprint density at radius 3 is 2.50 bits per heavy atom. The summed E-state index contributed by atoms with van der Waals surface area (Å²) in [6, 6.07) is 1.47. The van der Waals surface area contributed by atoms with Crippen LogP contribution in [0.2, 0.25) is 32.2 Å². The first kappa shape index (κ1) is 15.3. The molecule has 3 fully saturated rings. The molecule has 4 heteroatoms. The molecule has 0 spiro atoms. The first-order valence-corrected chi connectivity index (χ1v) is 15.7. The fraction of sp³-hybridized carbons (Fsp3) is 1.00. The SMILES string of the molecule is CC1(CCC2CCC3OC3C2)CC[Si](C)(C)[Si](C)(C)O1. The van der Waals surface area contributed by atoms with Gasteiger partial charge in [0.05, 0.1) is 25.4 Å². The van der Waals surface area contributed by atoms with Crippen LogP contribution >= 0.6 is 0 Å². The lowest BCUT2D eigenvalue weighted by Gasteiger charge is -2.51. The summed E-state index contributed by atoms with van der Waals surface area (Å²) < 4.78 is 12.4. The second kappa shape index (κ2) is 4.93. The maximum Gasteiger partial charge on any atom is 0.174 e. The molecule has 0 N–H and O–H groups in total. The summed E-state index contributed by atoms with van der Waals surface area (Å²) in [5.74, 6) is 0.899. The lowest BCUT2D eigenvalue weighted by atomic mass is 9.83. The zero-order valence-electron chi connectivity index (χ0n) is 14.0. The van der Waals surface area contributed by atoms with Crippen LogP contribution in [0.1, 0.15) is 45.4 Å². The molecule has 1 aliphatic carbocycles. The molecular formula is C16H32O2Si2. The van der Waals surface area contributed by atoms with E-state index < -0.39 is 15.4 Å². The predicted octanol–water partition coefficient (Wildman–Crippen LogP) is 4.51. The minimum atomic E-state index is -1.43. The Balaban J connectivity index is 1.54. The molecule has 4 unspecified atom stereocenters. The minimum absolute atomic E-state index is 0.180. The Morgan fingerprint density at radius 2 is 1.85 bits per heavy atom. The fourth-order valence-corrected chi connectivity index (χ4v) is 11.3. The predicted molar refractivity (Wildman–Crippen MR) is 89.1 cm³/mol. The Labute approximate surface area is 126 Å². The maximum absolute atomic E-state index is 6.77. The summed E-state index contributed by atoms with van der Waals surface area (Å²) in [7, 11) is -2.51. The van der Waals surface area contributed by atoms with Crippen molar-refractivity contribution >= 4 is 15.4 Å². The quantitative estimate of drug-likeness (QED) is 0.565. The molecular weight excluding hydrogens is 280 g/mol. The first-order valence-electron chi connectivity index (χ1n) is 8.56. The summed E-state index contributed by atoms with van der Waals surface area (Å²) in [6.07, 6.45) is 9.23. The van der Waals surface area contributed by atoms with Crippen molar-refractivity contribution in [3.8, 4) is 0 Å². The van der Waals surface area contributed by atoms with Gasteiger partial charge >= 0.3 is 0 Å². The van der Waals surface area contributed by atoms with Crippen LogP contribution in [0.15, 0.2) is 0 Å². The fourth-order valence-electron chi connectivity index (χ4n) is 4.12. The van der Waals surface area contributed by atoms with Crippen molar-refractivity contribution in [3.63, 3.8) is 0 Å². The highest BCUT2D eigenvalue weighted by molar-refractivity contribution is 7.38. The van der Waals surface area contributed by atoms with E-state index in [9.17, 15) is 0 Å². The second-order valence-corrected chi connectivity index (χ2v) is 24.0. The molecule has 3 aliphatic rings. The van der Waals surface area contributed by atoms with Gasteiger partial charge in [0.15, 0.2) is 7.83 Å². The van der Waals surface area contributed by atoms with Crippen LogP contribution in [0, 0.1) is 5.92 Å². The number of hydrogen-bond acceptors (Lipinski definition) is 2. The van der Waals surface area contributed by atoms with Gasteiger partial charge in [-0.3, -0.25) is 0 Å². The monoisotopic (exact) mass is 312 g/mol. The van der Waals surface area contributed by atoms with Crippen LogP contribution in [0.5, 0.6) is 0 Å². The third-order valence-corrected chi connectivity index (χ3v) is 23.2. The van der Waals surface area contributed by atoms with Gasteiger partial charge < -0.3 is 9.16 Å². The Hall–Kier alpha value is 0.354. The highest BCUT2D eigenvalue weighted by Gasteiger charge is 2.51. The van der Waals surface area contributed by atoms with E-state index in [1.54, 1.807) is 0 Å². The van der Waals surface area contributed by atoms with E-state index in [4.69, 9.17) is 9.16 Å². The summed E-state index contributed by atoms with van der Waals surface area (Å²) >= 11 is 0. The molecule has 2 aliphatic heterocycles. The van der Waals surface area contributed by atoms with Gasteiger partial charge in [-0.1, -0.05) is 19.1 Å². The zero-order valence-corrected chi connectivity index (χ0v) is 16.0. The lowest BCUT2D eigenvalue weighted by molar-refractivity contribution is 0.0546. The average Bonchev–Trinajstić information content (AvgIpc) is 3.11. The van der Waals surface area contributed by atoms with Gasteiger partial charge in [-0.25, -0.2) is 0 Å². The van der Waals surface area contributed by atoms with Crippen molar-refractivity contribution in [2.75, 3.05) is 0 Å². The third-order valence-electron chi connectivity index (χ3n) is 6.60. The molecule has 20 heavy (non-hydrogen) atoms. The van der Waals surface area contributed by atoms with Crippen LogP contribution in [-0.4, -0.2) is 33.2 Å². The first-order chi connectivity index (χ1) is 9.21. The minimum Gasteiger partial charge on any atom is -0.415 e. The zero-order chi connectivity index (χ0) is 14.6. The maximum atomic E-state index is 6.77. The molecule has 1 saturated carbocycles. The van der Waals surface area contributed by atoms with Crippen LogP contribution in [-0.2, 0) is 9.16 Å². The van der Waals surface area contributed by atoms with Crippen molar-refractivity contribution in [1.82, 2.24) is 0 Å². The second-order valence-electron chi connectivity index (χ2n) is 8.88. The lowest BCUT2D eigenvalue weighted by Crippen LogP contribution is -2.64.